The third-order valence-corrected chi connectivity index (χ3v) is 10.4. The van der Waals surface area contributed by atoms with Crippen LogP contribution in [0.4, 0.5) is 5.69 Å². The monoisotopic (exact) mass is 711 g/mol. The Hall–Kier alpha value is -4.25. The number of nitrogens with one attached hydrogen (secondary N) is 1. The summed E-state index contributed by atoms with van der Waals surface area (Å²) in [6, 6.07) is 25.6. The van der Waals surface area contributed by atoms with E-state index in [1.807, 2.05) is 44.2 Å². The highest BCUT2D eigenvalue weighted by molar-refractivity contribution is 7.92. The van der Waals surface area contributed by atoms with E-state index >= 15 is 0 Å². The number of benzene rings is 4. The number of rotatable bonds is 15. The lowest BCUT2D eigenvalue weighted by Crippen LogP contribution is -2.54. The predicted octanol–water partition coefficient (Wildman–Crippen LogP) is 6.76. The molecule has 2 amide bonds. The minimum Gasteiger partial charge on any atom is -0.493 e. The quantitative estimate of drug-likeness (QED) is 0.146. The summed E-state index contributed by atoms with van der Waals surface area (Å²) in [4.78, 5) is 29.9. The van der Waals surface area contributed by atoms with Gasteiger partial charge in [-0.05, 0) is 55.3 Å². The van der Waals surface area contributed by atoms with Crippen LogP contribution in [0, 0.1) is 0 Å². The van der Waals surface area contributed by atoms with Gasteiger partial charge in [-0.2, -0.15) is 0 Å². The Bertz CT molecular complexity index is 1790. The maximum atomic E-state index is 14.7. The first-order chi connectivity index (χ1) is 23.0. The van der Waals surface area contributed by atoms with Crippen molar-refractivity contribution in [2.24, 2.45) is 0 Å². The molecule has 0 saturated carbocycles. The van der Waals surface area contributed by atoms with E-state index in [1.165, 1.54) is 37.3 Å². The van der Waals surface area contributed by atoms with Crippen molar-refractivity contribution in [1.82, 2.24) is 10.2 Å². The van der Waals surface area contributed by atoms with Gasteiger partial charge in [-0.15, -0.1) is 0 Å². The van der Waals surface area contributed by atoms with E-state index in [9.17, 15) is 18.0 Å². The zero-order chi connectivity index (χ0) is 34.8. The summed E-state index contributed by atoms with van der Waals surface area (Å²) in [7, 11) is -1.51. The zero-order valence-electron chi connectivity index (χ0n) is 27.2. The van der Waals surface area contributed by atoms with E-state index in [0.29, 0.717) is 27.8 Å². The molecule has 0 aromatic heterocycles. The number of methoxy groups -OCH3 is 2. The molecule has 48 heavy (non-hydrogen) atoms. The van der Waals surface area contributed by atoms with E-state index in [1.54, 1.807) is 48.5 Å². The number of nitrogens with zero attached hydrogens (tertiary/aromatic N) is 2. The molecule has 0 unspecified atom stereocenters. The smallest absolute Gasteiger partial charge is 0.264 e. The Morgan fingerprint density at radius 1 is 0.833 bits per heavy atom. The molecule has 0 aliphatic heterocycles. The molecule has 4 aromatic rings. The lowest BCUT2D eigenvalue weighted by Gasteiger charge is -2.34. The molecule has 0 radical (unpaired) electrons. The first-order valence-corrected chi connectivity index (χ1v) is 17.6. The van der Waals surface area contributed by atoms with Crippen LogP contribution < -0.4 is 19.1 Å². The van der Waals surface area contributed by atoms with E-state index in [4.69, 9.17) is 32.7 Å². The van der Waals surface area contributed by atoms with E-state index in [2.05, 4.69) is 5.32 Å². The SMILES string of the molecule is CC[C@@H](C)NC(=O)[C@@H](Cc1ccccc1)N(Cc1c(Cl)cccc1Cl)C(=O)CN(c1ccccc1)S(=O)(=O)c1ccc(OC)c(OC)c1. The molecule has 0 spiro atoms. The Kier molecular flexibility index (Phi) is 12.7. The molecule has 0 heterocycles. The van der Waals surface area contributed by atoms with Gasteiger partial charge in [0.05, 0.1) is 24.8 Å². The van der Waals surface area contributed by atoms with Crippen LogP contribution in [-0.4, -0.2) is 58.0 Å². The van der Waals surface area contributed by atoms with Crippen molar-refractivity contribution in [2.75, 3.05) is 25.1 Å². The van der Waals surface area contributed by atoms with Crippen molar-refractivity contribution in [3.63, 3.8) is 0 Å². The van der Waals surface area contributed by atoms with Crippen molar-refractivity contribution >= 4 is 50.7 Å². The maximum absolute atomic E-state index is 14.7. The molecule has 9 nitrogen and oxygen atoms in total. The van der Waals surface area contributed by atoms with Gasteiger partial charge >= 0.3 is 0 Å². The lowest BCUT2D eigenvalue weighted by atomic mass is 10.0. The third-order valence-electron chi connectivity index (χ3n) is 7.93. The first kappa shape index (κ1) is 36.6. The van der Waals surface area contributed by atoms with Crippen LogP contribution >= 0.6 is 23.2 Å². The molecule has 12 heteroatoms. The number of anilines is 1. The molecule has 254 valence electrons. The lowest BCUT2D eigenvalue weighted by molar-refractivity contribution is -0.140. The van der Waals surface area contributed by atoms with Gasteiger partial charge in [0.25, 0.3) is 10.0 Å². The minimum absolute atomic E-state index is 0.118. The molecule has 1 N–H and O–H groups in total. The van der Waals surface area contributed by atoms with Crippen LogP contribution in [-0.2, 0) is 32.6 Å². The number of halogens is 2. The number of sulfonamides is 1. The number of para-hydroxylation sites is 1. The molecule has 2 atom stereocenters. The summed E-state index contributed by atoms with van der Waals surface area (Å²) in [5, 5.41) is 3.62. The van der Waals surface area contributed by atoms with Gasteiger partial charge in [0.15, 0.2) is 11.5 Å². The Morgan fingerprint density at radius 2 is 1.44 bits per heavy atom. The number of carbonyl (C=O) groups excluding carboxylic acids is 2. The van der Waals surface area contributed by atoms with E-state index < -0.39 is 34.4 Å². The van der Waals surface area contributed by atoms with Gasteiger partial charge in [-0.3, -0.25) is 13.9 Å². The van der Waals surface area contributed by atoms with Crippen LogP contribution in [0.2, 0.25) is 10.0 Å². The largest absolute Gasteiger partial charge is 0.493 e. The maximum Gasteiger partial charge on any atom is 0.264 e. The van der Waals surface area contributed by atoms with Gasteiger partial charge in [-0.1, -0.05) is 84.7 Å². The summed E-state index contributed by atoms with van der Waals surface area (Å²) in [5.74, 6) is -0.479. The number of hydrogen-bond donors (Lipinski definition) is 1. The molecule has 0 fully saturated rings. The third kappa shape index (κ3) is 8.80. The normalized spacial score (nSPS) is 12.5. The Labute approximate surface area is 292 Å². The molecule has 0 saturated heterocycles. The summed E-state index contributed by atoms with van der Waals surface area (Å²) >= 11 is 13.2. The average molecular weight is 713 g/mol. The second-order valence-corrected chi connectivity index (χ2v) is 13.8. The standard InChI is InChI=1S/C36H39Cl2N3O6S/c1-5-25(2)39-36(43)32(21-26-13-8-6-9-14-26)40(23-29-30(37)17-12-18-31(29)38)35(42)24-41(27-15-10-7-11-16-27)48(44,45)28-19-20-33(46-3)34(22-28)47-4/h6-20,22,25,32H,5,21,23-24H2,1-4H3,(H,39,43)/t25-,32-/m1/s1. The molecular weight excluding hydrogens is 673 g/mol. The highest BCUT2D eigenvalue weighted by Gasteiger charge is 2.35. The summed E-state index contributed by atoms with van der Waals surface area (Å²) in [6.45, 7) is 3.04. The average Bonchev–Trinajstić information content (AvgIpc) is 3.09. The number of amides is 2. The molecule has 0 aliphatic carbocycles. The number of hydrogen-bond acceptors (Lipinski definition) is 6. The highest BCUT2D eigenvalue weighted by Crippen LogP contribution is 2.33. The van der Waals surface area contributed by atoms with Gasteiger partial charge in [-0.25, -0.2) is 8.42 Å². The summed E-state index contributed by atoms with van der Waals surface area (Å²) in [5.41, 5.74) is 1.49. The fraction of sp³-hybridized carbons (Fsp3) is 0.278. The summed E-state index contributed by atoms with van der Waals surface area (Å²) < 4.78 is 40.4. The molecule has 0 bridgehead atoms. The van der Waals surface area contributed by atoms with Crippen LogP contribution in [0.3, 0.4) is 0 Å². The predicted molar refractivity (Wildman–Crippen MR) is 189 cm³/mol. The van der Waals surface area contributed by atoms with Crippen molar-refractivity contribution < 1.29 is 27.5 Å². The van der Waals surface area contributed by atoms with Crippen molar-refractivity contribution in [2.45, 2.75) is 50.2 Å². The highest BCUT2D eigenvalue weighted by atomic mass is 35.5. The van der Waals surface area contributed by atoms with Crippen LogP contribution in [0.15, 0.2) is 102 Å². The van der Waals surface area contributed by atoms with Crippen LogP contribution in [0.25, 0.3) is 0 Å². The Morgan fingerprint density at radius 3 is 2.02 bits per heavy atom. The fourth-order valence-electron chi connectivity index (χ4n) is 5.08. The number of carbonyl (C=O) groups is 2. The second-order valence-electron chi connectivity index (χ2n) is 11.1. The topological polar surface area (TPSA) is 105 Å². The van der Waals surface area contributed by atoms with Crippen molar-refractivity contribution in [3.05, 3.63) is 118 Å². The van der Waals surface area contributed by atoms with E-state index in [-0.39, 0.29) is 35.3 Å². The fourth-order valence-corrected chi connectivity index (χ4v) is 7.02. The van der Waals surface area contributed by atoms with Crippen LogP contribution in [0.5, 0.6) is 11.5 Å². The van der Waals surface area contributed by atoms with Crippen molar-refractivity contribution in [1.29, 1.82) is 0 Å². The molecule has 4 aromatic carbocycles. The molecule has 0 aliphatic rings. The van der Waals surface area contributed by atoms with Gasteiger partial charge < -0.3 is 19.7 Å². The van der Waals surface area contributed by atoms with Gasteiger partial charge in [0.2, 0.25) is 11.8 Å². The van der Waals surface area contributed by atoms with Gasteiger partial charge in [0, 0.05) is 40.7 Å². The van der Waals surface area contributed by atoms with E-state index in [0.717, 1.165) is 9.87 Å². The minimum atomic E-state index is -4.36. The second kappa shape index (κ2) is 16.7. The van der Waals surface area contributed by atoms with Crippen molar-refractivity contribution in [3.8, 4) is 11.5 Å². The van der Waals surface area contributed by atoms with Crippen LogP contribution in [0.1, 0.15) is 31.4 Å². The molecule has 4 rings (SSSR count). The number of ether oxygens (including phenoxy) is 2. The first-order valence-electron chi connectivity index (χ1n) is 15.4. The summed E-state index contributed by atoms with van der Waals surface area (Å²) in [6.07, 6.45) is 0.824. The van der Waals surface area contributed by atoms with Gasteiger partial charge in [0.1, 0.15) is 12.6 Å². The zero-order valence-corrected chi connectivity index (χ0v) is 29.6. The molecular formula is C36H39Cl2N3O6S. The Balaban J connectivity index is 1.84.